The number of hydrogen-bond acceptors (Lipinski definition) is 5. The highest BCUT2D eigenvalue weighted by Gasteiger charge is 2.10. The lowest BCUT2D eigenvalue weighted by Gasteiger charge is -2.12. The Balaban J connectivity index is 1.94. The first-order chi connectivity index (χ1) is 12.8. The zero-order valence-electron chi connectivity index (χ0n) is 13.7. The van der Waals surface area contributed by atoms with Gasteiger partial charge in [-0.2, -0.15) is 5.53 Å². The number of pyridine rings is 2. The van der Waals surface area contributed by atoms with E-state index in [9.17, 15) is 0 Å². The molecular weight excluding hydrogens is 326 g/mol. The molecule has 0 fully saturated rings. The predicted molar refractivity (Wildman–Crippen MR) is 103 cm³/mol. The fourth-order valence-corrected chi connectivity index (χ4v) is 2.87. The fourth-order valence-electron chi connectivity index (χ4n) is 2.87. The Labute approximate surface area is 149 Å². The number of fused-ring (bicyclic) bond motifs is 3. The van der Waals surface area contributed by atoms with Gasteiger partial charge < -0.3 is 11.1 Å². The van der Waals surface area contributed by atoms with Crippen molar-refractivity contribution < 1.29 is 0 Å². The molecule has 26 heavy (non-hydrogen) atoms. The molecule has 126 valence electrons. The van der Waals surface area contributed by atoms with E-state index in [0.29, 0.717) is 5.56 Å². The summed E-state index contributed by atoms with van der Waals surface area (Å²) in [4.78, 5) is 9.03. The molecule has 7 nitrogen and oxygen atoms in total. The first kappa shape index (κ1) is 15.6. The molecule has 2 aromatic carbocycles. The van der Waals surface area contributed by atoms with Crippen LogP contribution in [0.3, 0.4) is 0 Å². The smallest absolute Gasteiger partial charge is 0.155 e. The number of nitrogens with two attached hydrogens (primary N) is 1. The molecule has 0 radical (unpaired) electrons. The summed E-state index contributed by atoms with van der Waals surface area (Å²) in [6, 6.07) is 17.4. The molecule has 0 bridgehead atoms. The third-order valence-corrected chi connectivity index (χ3v) is 4.09. The first-order valence-corrected chi connectivity index (χ1v) is 7.96. The average molecular weight is 341 g/mol. The van der Waals surface area contributed by atoms with Crippen molar-refractivity contribution >= 4 is 39.0 Å². The van der Waals surface area contributed by atoms with E-state index in [2.05, 4.69) is 20.6 Å². The summed E-state index contributed by atoms with van der Waals surface area (Å²) in [6.07, 6.45) is 3.58. The summed E-state index contributed by atoms with van der Waals surface area (Å²) < 4.78 is 0. The van der Waals surface area contributed by atoms with Crippen molar-refractivity contribution in [3.05, 3.63) is 72.6 Å². The highest BCUT2D eigenvalue weighted by atomic mass is 15.3. The number of amidine groups is 1. The van der Waals surface area contributed by atoms with Crippen LogP contribution in [0, 0.1) is 5.53 Å². The molecule has 7 heteroatoms. The number of hydrogen-bond donors (Lipinski definition) is 3. The second-order valence-electron chi connectivity index (χ2n) is 5.69. The zero-order chi connectivity index (χ0) is 17.9. The van der Waals surface area contributed by atoms with Crippen LogP contribution >= 0.6 is 0 Å². The van der Waals surface area contributed by atoms with Gasteiger partial charge in [0.25, 0.3) is 0 Å². The van der Waals surface area contributed by atoms with Gasteiger partial charge in [0.1, 0.15) is 5.82 Å². The van der Waals surface area contributed by atoms with Gasteiger partial charge in [0.05, 0.1) is 5.52 Å². The number of anilines is 2. The number of benzene rings is 2. The van der Waals surface area contributed by atoms with Crippen molar-refractivity contribution in [3.8, 4) is 0 Å². The van der Waals surface area contributed by atoms with E-state index in [-0.39, 0.29) is 5.84 Å². The standard InChI is InChI=1S/C19H15N7/c20-18(25-26-21)12-6-7-14-16-11-22-9-8-15(16)19(24-17(14)10-12)23-13-4-2-1-3-5-13/h1-11H,(H,23,24)(H3,20,21,25). The molecule has 0 aliphatic carbocycles. The lowest BCUT2D eigenvalue weighted by molar-refractivity contribution is 0.986. The maximum Gasteiger partial charge on any atom is 0.155 e. The Morgan fingerprint density at radius 2 is 1.85 bits per heavy atom. The fraction of sp³-hybridized carbons (Fsp3) is 0. The van der Waals surface area contributed by atoms with E-state index in [4.69, 9.17) is 16.2 Å². The van der Waals surface area contributed by atoms with Gasteiger partial charge in [0.15, 0.2) is 5.84 Å². The minimum atomic E-state index is 0.174. The van der Waals surface area contributed by atoms with Gasteiger partial charge >= 0.3 is 0 Å². The highest BCUT2D eigenvalue weighted by molar-refractivity contribution is 6.11. The number of aromatic nitrogens is 2. The van der Waals surface area contributed by atoms with Gasteiger partial charge in [0, 0.05) is 39.8 Å². The van der Waals surface area contributed by atoms with Crippen LogP contribution in [0.2, 0.25) is 0 Å². The quantitative estimate of drug-likeness (QED) is 0.170. The minimum absolute atomic E-state index is 0.174. The molecule has 4 aromatic rings. The summed E-state index contributed by atoms with van der Waals surface area (Å²) in [7, 11) is 0. The van der Waals surface area contributed by atoms with Crippen LogP contribution in [-0.2, 0) is 0 Å². The van der Waals surface area contributed by atoms with Gasteiger partial charge in [-0.3, -0.25) is 4.98 Å². The van der Waals surface area contributed by atoms with Gasteiger partial charge in [-0.1, -0.05) is 35.6 Å². The molecular formula is C19H15N7. The van der Waals surface area contributed by atoms with E-state index < -0.39 is 0 Å². The lowest BCUT2D eigenvalue weighted by atomic mass is 10.1. The van der Waals surface area contributed by atoms with Crippen LogP contribution < -0.4 is 11.1 Å². The molecule has 0 aliphatic heterocycles. The molecule has 0 saturated heterocycles. The molecule has 0 spiro atoms. The van der Waals surface area contributed by atoms with Gasteiger partial charge in [-0.15, -0.1) is 5.10 Å². The summed E-state index contributed by atoms with van der Waals surface area (Å²) in [5.41, 5.74) is 15.1. The summed E-state index contributed by atoms with van der Waals surface area (Å²) >= 11 is 0. The van der Waals surface area contributed by atoms with Crippen LogP contribution in [0.5, 0.6) is 0 Å². The van der Waals surface area contributed by atoms with Crippen LogP contribution in [0.1, 0.15) is 5.56 Å². The molecule has 0 unspecified atom stereocenters. The average Bonchev–Trinajstić information content (AvgIpc) is 2.69. The third-order valence-electron chi connectivity index (χ3n) is 4.09. The van der Waals surface area contributed by atoms with Crippen molar-refractivity contribution in [3.63, 3.8) is 0 Å². The van der Waals surface area contributed by atoms with E-state index in [1.165, 1.54) is 0 Å². The number of rotatable bonds is 4. The van der Waals surface area contributed by atoms with E-state index >= 15 is 0 Å². The zero-order valence-corrected chi connectivity index (χ0v) is 13.7. The van der Waals surface area contributed by atoms with Crippen LogP contribution in [0.4, 0.5) is 11.5 Å². The number of nitrogens with one attached hydrogen (secondary N) is 2. The Bertz CT molecular complexity index is 1140. The normalized spacial score (nSPS) is 11.6. The SMILES string of the molecule is N=N/N=C(\N)c1ccc2c(c1)nc(Nc1ccccc1)c1ccncc12. The van der Waals surface area contributed by atoms with Gasteiger partial charge in [-0.25, -0.2) is 4.98 Å². The molecule has 0 aliphatic rings. The second kappa shape index (κ2) is 6.56. The monoisotopic (exact) mass is 341 g/mol. The largest absolute Gasteiger partial charge is 0.382 e. The minimum Gasteiger partial charge on any atom is -0.382 e. The Morgan fingerprint density at radius 1 is 1.00 bits per heavy atom. The molecule has 0 saturated carbocycles. The summed E-state index contributed by atoms with van der Waals surface area (Å²) in [5, 5.41) is 12.9. The highest BCUT2D eigenvalue weighted by Crippen LogP contribution is 2.30. The van der Waals surface area contributed by atoms with E-state index in [1.54, 1.807) is 6.20 Å². The van der Waals surface area contributed by atoms with Crippen LogP contribution in [-0.4, -0.2) is 15.8 Å². The maximum absolute atomic E-state index is 6.84. The van der Waals surface area contributed by atoms with Crippen molar-refractivity contribution in [2.24, 2.45) is 16.1 Å². The van der Waals surface area contributed by atoms with E-state index in [0.717, 1.165) is 33.2 Å². The molecule has 2 heterocycles. The van der Waals surface area contributed by atoms with Crippen molar-refractivity contribution in [1.82, 2.24) is 9.97 Å². The van der Waals surface area contributed by atoms with E-state index in [1.807, 2.05) is 60.8 Å². The van der Waals surface area contributed by atoms with Crippen molar-refractivity contribution in [2.45, 2.75) is 0 Å². The maximum atomic E-state index is 6.84. The lowest BCUT2D eigenvalue weighted by Crippen LogP contribution is -2.12. The number of para-hydroxylation sites is 1. The first-order valence-electron chi connectivity index (χ1n) is 7.96. The summed E-state index contributed by atoms with van der Waals surface area (Å²) in [6.45, 7) is 0. The molecule has 0 atom stereocenters. The second-order valence-corrected chi connectivity index (χ2v) is 5.69. The molecule has 4 N–H and O–H groups in total. The topological polar surface area (TPSA) is 112 Å². The summed E-state index contributed by atoms with van der Waals surface area (Å²) in [5.74, 6) is 0.909. The molecule has 4 rings (SSSR count). The van der Waals surface area contributed by atoms with Crippen molar-refractivity contribution in [1.29, 1.82) is 5.53 Å². The Morgan fingerprint density at radius 3 is 2.65 bits per heavy atom. The number of nitrogens with zero attached hydrogens (tertiary/aromatic N) is 4. The third kappa shape index (κ3) is 2.82. The van der Waals surface area contributed by atoms with Crippen LogP contribution in [0.25, 0.3) is 21.7 Å². The Hall–Kier alpha value is -3.87. The Kier molecular flexibility index (Phi) is 3.95. The molecule has 0 amide bonds. The van der Waals surface area contributed by atoms with Crippen molar-refractivity contribution in [2.75, 3.05) is 5.32 Å². The van der Waals surface area contributed by atoms with Gasteiger partial charge in [-0.05, 0) is 24.3 Å². The van der Waals surface area contributed by atoms with Crippen LogP contribution in [0.15, 0.2) is 77.3 Å². The van der Waals surface area contributed by atoms with Gasteiger partial charge in [0.2, 0.25) is 0 Å². The predicted octanol–water partition coefficient (Wildman–Crippen LogP) is 4.18. The molecule has 2 aromatic heterocycles.